The normalized spacial score (nSPS) is 17.2. The molecule has 1 fully saturated rings. The molecule has 0 aliphatic heterocycles. The smallest absolute Gasteiger partial charge is 0.238 e. The van der Waals surface area contributed by atoms with Gasteiger partial charge in [-0.1, -0.05) is 6.07 Å². The summed E-state index contributed by atoms with van der Waals surface area (Å²) in [5, 5.41) is 7.69. The lowest BCUT2D eigenvalue weighted by Gasteiger charge is -2.13. The third-order valence-electron chi connectivity index (χ3n) is 3.15. The zero-order valence-electron chi connectivity index (χ0n) is 9.72. The fraction of sp³-hybridized carbons (Fsp3) is 0.364. The molecule has 0 radical (unpaired) electrons. The Labute approximate surface area is 105 Å². The molecule has 0 unspecified atom stereocenters. The number of nitrogens with one attached hydrogen (secondary N) is 1. The number of primary sulfonamides is 1. The summed E-state index contributed by atoms with van der Waals surface area (Å²) in [6, 6.07) is 5.84. The molecule has 98 valence electrons. The number of anilines is 1. The average Bonchev–Trinajstić information content (AvgIpc) is 3.09. The van der Waals surface area contributed by atoms with Crippen LogP contribution >= 0.6 is 0 Å². The van der Waals surface area contributed by atoms with Gasteiger partial charge in [-0.3, -0.25) is 4.79 Å². The molecule has 1 aromatic rings. The van der Waals surface area contributed by atoms with Gasteiger partial charge in [-0.25, -0.2) is 13.6 Å². The molecule has 18 heavy (non-hydrogen) atoms. The van der Waals surface area contributed by atoms with Crippen LogP contribution in [0.25, 0.3) is 0 Å². The van der Waals surface area contributed by atoms with Crippen LogP contribution in [0.15, 0.2) is 29.2 Å². The lowest BCUT2D eigenvalue weighted by atomic mass is 10.1. The number of carbonyl (C=O) groups is 1. The first kappa shape index (κ1) is 13.0. The molecule has 0 aromatic heterocycles. The SMILES string of the molecule is NCC1(C(=O)Nc2cccc(S(N)(=O)=O)c2)CC1. The van der Waals surface area contributed by atoms with Gasteiger partial charge in [0, 0.05) is 12.2 Å². The lowest BCUT2D eigenvalue weighted by Crippen LogP contribution is -2.30. The third kappa shape index (κ3) is 2.53. The van der Waals surface area contributed by atoms with Crippen molar-refractivity contribution in [3.63, 3.8) is 0 Å². The van der Waals surface area contributed by atoms with E-state index in [1.807, 2.05) is 0 Å². The lowest BCUT2D eigenvalue weighted by molar-refractivity contribution is -0.120. The minimum atomic E-state index is -3.76. The fourth-order valence-electron chi connectivity index (χ4n) is 1.69. The predicted molar refractivity (Wildman–Crippen MR) is 67.2 cm³/mol. The number of carbonyl (C=O) groups excluding carboxylic acids is 1. The summed E-state index contributed by atoms with van der Waals surface area (Å²) >= 11 is 0. The maximum absolute atomic E-state index is 11.9. The molecule has 1 amide bonds. The second-order valence-corrected chi connectivity index (χ2v) is 6.07. The van der Waals surface area contributed by atoms with Crippen LogP contribution in [0.3, 0.4) is 0 Å². The Morgan fingerprint density at radius 1 is 1.39 bits per heavy atom. The highest BCUT2D eigenvalue weighted by Gasteiger charge is 2.48. The van der Waals surface area contributed by atoms with E-state index in [0.29, 0.717) is 12.2 Å². The molecule has 1 saturated carbocycles. The first-order chi connectivity index (χ1) is 8.37. The first-order valence-electron chi connectivity index (χ1n) is 5.52. The molecule has 1 aliphatic rings. The number of rotatable bonds is 4. The Balaban J connectivity index is 2.18. The number of nitrogens with two attached hydrogens (primary N) is 2. The van der Waals surface area contributed by atoms with Gasteiger partial charge in [0.25, 0.3) is 0 Å². The van der Waals surface area contributed by atoms with Crippen molar-refractivity contribution in [1.29, 1.82) is 0 Å². The minimum Gasteiger partial charge on any atom is -0.329 e. The van der Waals surface area contributed by atoms with Gasteiger partial charge in [-0.2, -0.15) is 0 Å². The van der Waals surface area contributed by atoms with Crippen molar-refractivity contribution in [3.8, 4) is 0 Å². The second-order valence-electron chi connectivity index (χ2n) is 4.51. The summed E-state index contributed by atoms with van der Waals surface area (Å²) in [5.74, 6) is -0.170. The second kappa shape index (κ2) is 4.34. The van der Waals surface area contributed by atoms with E-state index in [1.54, 1.807) is 6.07 Å². The van der Waals surface area contributed by atoms with Crippen molar-refractivity contribution in [2.45, 2.75) is 17.7 Å². The van der Waals surface area contributed by atoms with Crippen LogP contribution < -0.4 is 16.2 Å². The number of benzene rings is 1. The standard InChI is InChI=1S/C11H15N3O3S/c12-7-11(4-5-11)10(15)14-8-2-1-3-9(6-8)18(13,16)17/h1-3,6H,4-5,7,12H2,(H,14,15)(H2,13,16,17). The van der Waals surface area contributed by atoms with Crippen molar-refractivity contribution in [2.75, 3.05) is 11.9 Å². The Morgan fingerprint density at radius 2 is 2.06 bits per heavy atom. The molecule has 0 spiro atoms. The fourth-order valence-corrected chi connectivity index (χ4v) is 2.25. The summed E-state index contributed by atoms with van der Waals surface area (Å²) in [5.41, 5.74) is 5.48. The Kier molecular flexibility index (Phi) is 3.14. The van der Waals surface area contributed by atoms with Gasteiger partial charge in [0.15, 0.2) is 0 Å². The van der Waals surface area contributed by atoms with E-state index in [9.17, 15) is 13.2 Å². The van der Waals surface area contributed by atoms with Crippen molar-refractivity contribution in [3.05, 3.63) is 24.3 Å². The van der Waals surface area contributed by atoms with Gasteiger partial charge in [-0.15, -0.1) is 0 Å². The quantitative estimate of drug-likeness (QED) is 0.714. The van der Waals surface area contributed by atoms with Gasteiger partial charge in [0.05, 0.1) is 10.3 Å². The summed E-state index contributed by atoms with van der Waals surface area (Å²) in [6.07, 6.45) is 1.54. The monoisotopic (exact) mass is 269 g/mol. The van der Waals surface area contributed by atoms with Crippen LogP contribution in [0.4, 0.5) is 5.69 Å². The molecule has 0 bridgehead atoms. The Morgan fingerprint density at radius 3 is 2.56 bits per heavy atom. The molecule has 2 rings (SSSR count). The Bertz CT molecular complexity index is 579. The average molecular weight is 269 g/mol. The Hall–Kier alpha value is -1.44. The number of amides is 1. The van der Waals surface area contributed by atoms with E-state index in [2.05, 4.69) is 5.32 Å². The van der Waals surface area contributed by atoms with Crippen LogP contribution in [0.5, 0.6) is 0 Å². The molecule has 7 heteroatoms. The highest BCUT2D eigenvalue weighted by molar-refractivity contribution is 7.89. The van der Waals surface area contributed by atoms with Gasteiger partial charge in [0.2, 0.25) is 15.9 Å². The van der Waals surface area contributed by atoms with Crippen LogP contribution in [0.1, 0.15) is 12.8 Å². The molecule has 5 N–H and O–H groups in total. The largest absolute Gasteiger partial charge is 0.329 e. The molecule has 0 atom stereocenters. The predicted octanol–water partition coefficient (Wildman–Crippen LogP) is 0.0114. The highest BCUT2D eigenvalue weighted by atomic mass is 32.2. The topological polar surface area (TPSA) is 115 Å². The van der Waals surface area contributed by atoms with Gasteiger partial charge >= 0.3 is 0 Å². The van der Waals surface area contributed by atoms with Crippen LogP contribution in [-0.2, 0) is 14.8 Å². The summed E-state index contributed by atoms with van der Waals surface area (Å²) in [7, 11) is -3.76. The highest BCUT2D eigenvalue weighted by Crippen LogP contribution is 2.45. The van der Waals surface area contributed by atoms with E-state index < -0.39 is 15.4 Å². The zero-order chi connectivity index (χ0) is 13.4. The molecule has 0 heterocycles. The zero-order valence-corrected chi connectivity index (χ0v) is 10.5. The van der Waals surface area contributed by atoms with E-state index in [4.69, 9.17) is 10.9 Å². The van der Waals surface area contributed by atoms with E-state index in [0.717, 1.165) is 12.8 Å². The number of hydrogen-bond acceptors (Lipinski definition) is 4. The van der Waals surface area contributed by atoms with Crippen LogP contribution in [0.2, 0.25) is 0 Å². The van der Waals surface area contributed by atoms with Crippen molar-refractivity contribution >= 4 is 21.6 Å². The van der Waals surface area contributed by atoms with Gasteiger partial charge < -0.3 is 11.1 Å². The molecule has 6 nitrogen and oxygen atoms in total. The molecule has 1 aliphatic carbocycles. The van der Waals surface area contributed by atoms with E-state index in [1.165, 1.54) is 18.2 Å². The van der Waals surface area contributed by atoms with Crippen molar-refractivity contribution in [1.82, 2.24) is 0 Å². The van der Waals surface area contributed by atoms with Crippen LogP contribution in [-0.4, -0.2) is 20.9 Å². The minimum absolute atomic E-state index is 0.0297. The summed E-state index contributed by atoms with van der Waals surface area (Å²) < 4.78 is 22.4. The van der Waals surface area contributed by atoms with Gasteiger partial charge in [0.1, 0.15) is 0 Å². The number of hydrogen-bond donors (Lipinski definition) is 3. The molecule has 0 saturated heterocycles. The summed E-state index contributed by atoms with van der Waals surface area (Å²) in [6.45, 7) is 0.299. The molecular weight excluding hydrogens is 254 g/mol. The third-order valence-corrected chi connectivity index (χ3v) is 4.06. The van der Waals surface area contributed by atoms with E-state index in [-0.39, 0.29) is 10.8 Å². The molecular formula is C11H15N3O3S. The van der Waals surface area contributed by atoms with Crippen molar-refractivity contribution in [2.24, 2.45) is 16.3 Å². The first-order valence-corrected chi connectivity index (χ1v) is 7.06. The molecule has 1 aromatic carbocycles. The van der Waals surface area contributed by atoms with Crippen molar-refractivity contribution < 1.29 is 13.2 Å². The van der Waals surface area contributed by atoms with Gasteiger partial charge in [-0.05, 0) is 31.0 Å². The summed E-state index contributed by atoms with van der Waals surface area (Å²) in [4.78, 5) is 11.9. The number of sulfonamides is 1. The van der Waals surface area contributed by atoms with Crippen LogP contribution in [0, 0.1) is 5.41 Å². The maximum atomic E-state index is 11.9. The maximum Gasteiger partial charge on any atom is 0.238 e. The van der Waals surface area contributed by atoms with E-state index >= 15 is 0 Å².